The highest BCUT2D eigenvalue weighted by Crippen LogP contribution is 2.33. The van der Waals surface area contributed by atoms with E-state index < -0.39 is 0 Å². The number of nitrogens with one attached hydrogen (secondary N) is 1. The van der Waals surface area contributed by atoms with Crippen LogP contribution in [-0.4, -0.2) is 14.2 Å². The van der Waals surface area contributed by atoms with Gasteiger partial charge in [0.25, 0.3) is 0 Å². The van der Waals surface area contributed by atoms with Crippen molar-refractivity contribution in [3.8, 4) is 17.6 Å². The van der Waals surface area contributed by atoms with Crippen LogP contribution < -0.4 is 14.8 Å². The van der Waals surface area contributed by atoms with Crippen LogP contribution in [0.3, 0.4) is 0 Å². The molecule has 2 aromatic carbocycles. The molecule has 2 aromatic rings. The minimum atomic E-state index is 0.635. The van der Waals surface area contributed by atoms with Crippen molar-refractivity contribution in [3.63, 3.8) is 0 Å². The maximum Gasteiger partial charge on any atom is 0.127 e. The second kappa shape index (κ2) is 5.98. The first kappa shape index (κ1) is 13.8. The normalized spacial score (nSPS) is 9.70. The Hall–Kier alpha value is -2.67. The maximum atomic E-state index is 8.80. The topological polar surface area (TPSA) is 54.3 Å². The van der Waals surface area contributed by atoms with Gasteiger partial charge < -0.3 is 14.8 Å². The Balaban J connectivity index is 2.34. The van der Waals surface area contributed by atoms with Gasteiger partial charge in [-0.25, -0.2) is 0 Å². The Bertz CT molecular complexity index is 643. The third-order valence-corrected chi connectivity index (χ3v) is 3.08. The average Bonchev–Trinajstić information content (AvgIpc) is 2.50. The number of benzene rings is 2. The zero-order valence-electron chi connectivity index (χ0n) is 11.7. The van der Waals surface area contributed by atoms with Crippen molar-refractivity contribution in [1.82, 2.24) is 0 Å². The quantitative estimate of drug-likeness (QED) is 0.920. The van der Waals surface area contributed by atoms with E-state index >= 15 is 0 Å². The molecule has 0 fully saturated rings. The van der Waals surface area contributed by atoms with Crippen LogP contribution in [0.2, 0.25) is 0 Å². The van der Waals surface area contributed by atoms with E-state index in [1.165, 1.54) is 0 Å². The first-order valence-corrected chi connectivity index (χ1v) is 6.17. The molecule has 0 saturated carbocycles. The minimum absolute atomic E-state index is 0.635. The Morgan fingerprint density at radius 2 is 1.75 bits per heavy atom. The number of anilines is 2. The summed E-state index contributed by atoms with van der Waals surface area (Å²) in [4.78, 5) is 0. The molecule has 0 unspecified atom stereocenters. The molecule has 0 atom stereocenters. The summed E-state index contributed by atoms with van der Waals surface area (Å²) in [5.41, 5.74) is 3.45. The molecule has 20 heavy (non-hydrogen) atoms. The summed E-state index contributed by atoms with van der Waals surface area (Å²) in [5, 5.41) is 12.1. The Kier molecular flexibility index (Phi) is 4.11. The van der Waals surface area contributed by atoms with E-state index in [1.54, 1.807) is 26.4 Å². The molecule has 2 rings (SSSR count). The van der Waals surface area contributed by atoms with Crippen LogP contribution in [0.25, 0.3) is 0 Å². The summed E-state index contributed by atoms with van der Waals surface area (Å²) in [6.45, 7) is 1.98. The van der Waals surface area contributed by atoms with Gasteiger partial charge in [-0.2, -0.15) is 5.26 Å². The molecule has 0 bridgehead atoms. The molecule has 0 aliphatic heterocycles. The van der Waals surface area contributed by atoms with Crippen LogP contribution >= 0.6 is 0 Å². The molecule has 4 heteroatoms. The molecule has 0 spiro atoms. The number of rotatable bonds is 4. The molecule has 4 nitrogen and oxygen atoms in total. The van der Waals surface area contributed by atoms with E-state index in [0.717, 1.165) is 28.4 Å². The van der Waals surface area contributed by atoms with Gasteiger partial charge in [0.2, 0.25) is 0 Å². The lowest BCUT2D eigenvalue weighted by atomic mass is 10.1. The van der Waals surface area contributed by atoms with Crippen molar-refractivity contribution in [3.05, 3.63) is 47.5 Å². The van der Waals surface area contributed by atoms with Crippen LogP contribution in [0.15, 0.2) is 36.4 Å². The second-order valence-corrected chi connectivity index (χ2v) is 4.32. The molecule has 0 aliphatic carbocycles. The molecule has 0 aliphatic rings. The predicted octanol–water partition coefficient (Wildman–Crippen LogP) is 3.63. The van der Waals surface area contributed by atoms with Gasteiger partial charge in [0.1, 0.15) is 11.5 Å². The van der Waals surface area contributed by atoms with E-state index in [2.05, 4.69) is 11.4 Å². The van der Waals surface area contributed by atoms with Crippen LogP contribution in [0, 0.1) is 18.3 Å². The monoisotopic (exact) mass is 268 g/mol. The van der Waals surface area contributed by atoms with Crippen LogP contribution in [0.5, 0.6) is 11.5 Å². The third-order valence-electron chi connectivity index (χ3n) is 3.08. The fourth-order valence-corrected chi connectivity index (χ4v) is 1.91. The third kappa shape index (κ3) is 2.83. The van der Waals surface area contributed by atoms with Gasteiger partial charge in [0.05, 0.1) is 25.9 Å². The lowest BCUT2D eigenvalue weighted by Crippen LogP contribution is -1.97. The standard InChI is InChI=1S/C16H16N2O2/c1-11-15(8-14(19-2)9-16(11)20-3)18-13-6-4-12(10-17)5-7-13/h4-9,18H,1-3H3. The van der Waals surface area contributed by atoms with Crippen molar-refractivity contribution in [2.75, 3.05) is 19.5 Å². The van der Waals surface area contributed by atoms with Gasteiger partial charge in [-0.15, -0.1) is 0 Å². The highest BCUT2D eigenvalue weighted by molar-refractivity contribution is 5.68. The van der Waals surface area contributed by atoms with E-state index in [9.17, 15) is 0 Å². The van der Waals surface area contributed by atoms with Crippen molar-refractivity contribution >= 4 is 11.4 Å². The Morgan fingerprint density at radius 3 is 2.30 bits per heavy atom. The van der Waals surface area contributed by atoms with Crippen molar-refractivity contribution in [1.29, 1.82) is 5.26 Å². The fraction of sp³-hybridized carbons (Fsp3) is 0.188. The van der Waals surface area contributed by atoms with Gasteiger partial charge in [-0.05, 0) is 31.2 Å². The lowest BCUT2D eigenvalue weighted by Gasteiger charge is -2.14. The SMILES string of the molecule is COc1cc(Nc2ccc(C#N)cc2)c(C)c(OC)c1. The predicted molar refractivity (Wildman–Crippen MR) is 78.7 cm³/mol. The number of nitriles is 1. The molecule has 0 radical (unpaired) electrons. The van der Waals surface area contributed by atoms with Crippen LogP contribution in [0.4, 0.5) is 11.4 Å². The van der Waals surface area contributed by atoms with Gasteiger partial charge in [-0.1, -0.05) is 0 Å². The smallest absolute Gasteiger partial charge is 0.127 e. The average molecular weight is 268 g/mol. The van der Waals surface area contributed by atoms with Gasteiger partial charge >= 0.3 is 0 Å². The summed E-state index contributed by atoms with van der Waals surface area (Å²) >= 11 is 0. The van der Waals surface area contributed by atoms with Crippen LogP contribution in [0.1, 0.15) is 11.1 Å². The molecular formula is C16H16N2O2. The number of hydrogen-bond acceptors (Lipinski definition) is 4. The number of methoxy groups -OCH3 is 2. The molecule has 0 heterocycles. The Labute approximate surface area is 118 Å². The van der Waals surface area contributed by atoms with E-state index in [1.807, 2.05) is 31.2 Å². The summed E-state index contributed by atoms with van der Waals surface area (Å²) in [6.07, 6.45) is 0. The number of hydrogen-bond donors (Lipinski definition) is 1. The van der Waals surface area contributed by atoms with E-state index in [0.29, 0.717) is 5.56 Å². The highest BCUT2D eigenvalue weighted by atomic mass is 16.5. The number of ether oxygens (including phenoxy) is 2. The number of nitrogens with zero attached hydrogens (tertiary/aromatic N) is 1. The largest absolute Gasteiger partial charge is 0.497 e. The van der Waals surface area contributed by atoms with E-state index in [4.69, 9.17) is 14.7 Å². The molecule has 102 valence electrons. The molecule has 0 amide bonds. The summed E-state index contributed by atoms with van der Waals surface area (Å²) in [7, 11) is 3.25. The van der Waals surface area contributed by atoms with Crippen molar-refractivity contribution < 1.29 is 9.47 Å². The van der Waals surface area contributed by atoms with Gasteiger partial charge in [0, 0.05) is 29.1 Å². The first-order valence-electron chi connectivity index (χ1n) is 6.17. The molecular weight excluding hydrogens is 252 g/mol. The van der Waals surface area contributed by atoms with Crippen molar-refractivity contribution in [2.45, 2.75) is 6.92 Å². The zero-order chi connectivity index (χ0) is 14.5. The minimum Gasteiger partial charge on any atom is -0.497 e. The van der Waals surface area contributed by atoms with E-state index in [-0.39, 0.29) is 0 Å². The summed E-state index contributed by atoms with van der Waals surface area (Å²) in [5.74, 6) is 1.49. The molecule has 0 saturated heterocycles. The van der Waals surface area contributed by atoms with Crippen LogP contribution in [-0.2, 0) is 0 Å². The van der Waals surface area contributed by atoms with Gasteiger partial charge in [-0.3, -0.25) is 0 Å². The Morgan fingerprint density at radius 1 is 1.05 bits per heavy atom. The zero-order valence-corrected chi connectivity index (χ0v) is 11.7. The van der Waals surface area contributed by atoms with Crippen molar-refractivity contribution in [2.24, 2.45) is 0 Å². The maximum absolute atomic E-state index is 8.80. The first-order chi connectivity index (χ1) is 9.67. The van der Waals surface area contributed by atoms with Gasteiger partial charge in [0.15, 0.2) is 0 Å². The highest BCUT2D eigenvalue weighted by Gasteiger charge is 2.08. The molecule has 0 aromatic heterocycles. The lowest BCUT2D eigenvalue weighted by molar-refractivity contribution is 0.393. The summed E-state index contributed by atoms with van der Waals surface area (Å²) in [6, 6.07) is 13.1. The second-order valence-electron chi connectivity index (χ2n) is 4.32. The fourth-order valence-electron chi connectivity index (χ4n) is 1.91. The molecule has 1 N–H and O–H groups in total. The summed E-state index contributed by atoms with van der Waals surface area (Å²) < 4.78 is 10.6.